The molecule has 2 amide bonds. The summed E-state index contributed by atoms with van der Waals surface area (Å²) < 4.78 is 6.15. The molecule has 0 fully saturated rings. The molecule has 0 radical (unpaired) electrons. The van der Waals surface area contributed by atoms with E-state index >= 15 is 0 Å². The molecule has 2 aromatic rings. The fraction of sp³-hybridized carbons (Fsp3) is 0.391. The Labute approximate surface area is 181 Å². The Morgan fingerprint density at radius 3 is 2.17 bits per heavy atom. The molecule has 2 atom stereocenters. The van der Waals surface area contributed by atoms with E-state index in [0.717, 1.165) is 27.8 Å². The minimum absolute atomic E-state index is 0.0659. The maximum atomic E-state index is 13.1. The van der Waals surface area contributed by atoms with Crippen molar-refractivity contribution in [3.8, 4) is 5.75 Å². The van der Waals surface area contributed by atoms with Gasteiger partial charge in [0.2, 0.25) is 11.8 Å². The van der Waals surface area contributed by atoms with Crippen LogP contribution in [0.3, 0.4) is 0 Å². The van der Waals surface area contributed by atoms with E-state index in [1.54, 1.807) is 18.9 Å². The molecule has 2 rings (SSSR count). The van der Waals surface area contributed by atoms with Gasteiger partial charge in [0, 0.05) is 17.1 Å². The number of hydrogen-bond donors (Lipinski definition) is 1. The van der Waals surface area contributed by atoms with Gasteiger partial charge in [-0.25, -0.2) is 0 Å². The Morgan fingerprint density at radius 2 is 1.62 bits per heavy atom. The van der Waals surface area contributed by atoms with Crippen molar-refractivity contribution >= 4 is 27.7 Å². The number of hydrogen-bond acceptors (Lipinski definition) is 3. The second-order valence-electron chi connectivity index (χ2n) is 7.17. The van der Waals surface area contributed by atoms with E-state index < -0.39 is 6.04 Å². The number of nitrogens with zero attached hydrogens (tertiary/aromatic N) is 1. The van der Waals surface area contributed by atoms with Gasteiger partial charge >= 0.3 is 0 Å². The first kappa shape index (κ1) is 22.9. The Hall–Kier alpha value is -2.34. The summed E-state index contributed by atoms with van der Waals surface area (Å²) in [5, 5.41) is 2.98. The third kappa shape index (κ3) is 6.89. The molecule has 0 saturated heterocycles. The molecular formula is C23H29BrN2O3. The Bertz CT molecular complexity index is 806. The van der Waals surface area contributed by atoms with Crippen LogP contribution in [0.25, 0.3) is 0 Å². The number of carbonyl (C=O) groups is 2. The van der Waals surface area contributed by atoms with Gasteiger partial charge < -0.3 is 15.0 Å². The molecule has 2 aromatic carbocycles. The number of nitrogens with one attached hydrogen (secondary N) is 1. The van der Waals surface area contributed by atoms with Crippen LogP contribution in [-0.2, 0) is 22.6 Å². The van der Waals surface area contributed by atoms with Crippen LogP contribution in [0.2, 0.25) is 0 Å². The molecule has 0 heterocycles. The molecule has 0 aliphatic carbocycles. The van der Waals surface area contributed by atoms with Crippen LogP contribution >= 0.6 is 15.9 Å². The van der Waals surface area contributed by atoms with Crippen LogP contribution in [0.4, 0.5) is 0 Å². The number of methoxy groups -OCH3 is 1. The van der Waals surface area contributed by atoms with E-state index in [1.165, 1.54) is 0 Å². The van der Waals surface area contributed by atoms with E-state index in [9.17, 15) is 9.59 Å². The minimum atomic E-state index is -0.571. The number of rotatable bonds is 9. The normalized spacial score (nSPS) is 12.7. The molecular weight excluding hydrogens is 432 g/mol. The first-order valence-corrected chi connectivity index (χ1v) is 10.6. The average Bonchev–Trinajstić information content (AvgIpc) is 2.73. The fourth-order valence-electron chi connectivity index (χ4n) is 2.85. The average molecular weight is 461 g/mol. The Kier molecular flexibility index (Phi) is 8.70. The van der Waals surface area contributed by atoms with Gasteiger partial charge in [0.15, 0.2) is 0 Å². The van der Waals surface area contributed by atoms with Gasteiger partial charge in [-0.3, -0.25) is 9.59 Å². The van der Waals surface area contributed by atoms with Crippen molar-refractivity contribution in [1.82, 2.24) is 10.2 Å². The van der Waals surface area contributed by atoms with Crippen molar-refractivity contribution in [3.63, 3.8) is 0 Å². The minimum Gasteiger partial charge on any atom is -0.497 e. The fourth-order valence-corrected chi connectivity index (χ4v) is 3.12. The highest BCUT2D eigenvalue weighted by molar-refractivity contribution is 9.10. The standard InChI is InChI=1S/C23H29BrN2O3/c1-5-16(2)25-23(28)17(3)26(15-19-6-10-20(24)11-7-19)22(27)14-18-8-12-21(29-4)13-9-18/h6-13,16-17H,5,14-15H2,1-4H3,(H,25,28). The second-order valence-corrected chi connectivity index (χ2v) is 8.08. The van der Waals surface area contributed by atoms with E-state index in [0.29, 0.717) is 6.54 Å². The predicted octanol–water partition coefficient (Wildman–Crippen LogP) is 4.33. The number of ether oxygens (including phenoxy) is 1. The molecule has 5 nitrogen and oxygen atoms in total. The topological polar surface area (TPSA) is 58.6 Å². The van der Waals surface area contributed by atoms with Gasteiger partial charge in [-0.2, -0.15) is 0 Å². The first-order chi connectivity index (χ1) is 13.8. The summed E-state index contributed by atoms with van der Waals surface area (Å²) in [6.07, 6.45) is 1.06. The lowest BCUT2D eigenvalue weighted by atomic mass is 10.1. The summed E-state index contributed by atoms with van der Waals surface area (Å²) in [6, 6.07) is 14.7. The van der Waals surface area contributed by atoms with E-state index in [1.807, 2.05) is 62.4 Å². The monoisotopic (exact) mass is 460 g/mol. The molecule has 2 unspecified atom stereocenters. The number of amides is 2. The van der Waals surface area contributed by atoms with E-state index in [2.05, 4.69) is 21.2 Å². The summed E-state index contributed by atoms with van der Waals surface area (Å²) >= 11 is 3.43. The van der Waals surface area contributed by atoms with Crippen molar-refractivity contribution in [1.29, 1.82) is 0 Å². The summed E-state index contributed by atoms with van der Waals surface area (Å²) in [7, 11) is 1.61. The summed E-state index contributed by atoms with van der Waals surface area (Å²) in [5.41, 5.74) is 1.85. The molecule has 0 aliphatic heterocycles. The molecule has 6 heteroatoms. The molecule has 0 aromatic heterocycles. The molecule has 0 bridgehead atoms. The number of halogens is 1. The van der Waals surface area contributed by atoms with Gasteiger partial charge in [0.1, 0.15) is 11.8 Å². The van der Waals surface area contributed by atoms with Gasteiger partial charge in [0.05, 0.1) is 13.5 Å². The van der Waals surface area contributed by atoms with Gasteiger partial charge in [-0.05, 0) is 55.7 Å². The zero-order valence-corrected chi connectivity index (χ0v) is 19.0. The summed E-state index contributed by atoms with van der Waals surface area (Å²) in [5.74, 6) is 0.513. The second kappa shape index (κ2) is 11.0. The van der Waals surface area contributed by atoms with Crippen LogP contribution in [0.15, 0.2) is 53.0 Å². The highest BCUT2D eigenvalue weighted by Crippen LogP contribution is 2.17. The van der Waals surface area contributed by atoms with Gasteiger partial charge in [-0.15, -0.1) is 0 Å². The molecule has 1 N–H and O–H groups in total. The van der Waals surface area contributed by atoms with Crippen LogP contribution in [0.5, 0.6) is 5.75 Å². The number of benzene rings is 2. The highest BCUT2D eigenvalue weighted by Gasteiger charge is 2.26. The van der Waals surface area contributed by atoms with Crippen molar-refractivity contribution in [2.45, 2.75) is 52.2 Å². The smallest absolute Gasteiger partial charge is 0.242 e. The zero-order valence-electron chi connectivity index (χ0n) is 17.4. The quantitative estimate of drug-likeness (QED) is 0.605. The van der Waals surface area contributed by atoms with Crippen molar-refractivity contribution in [3.05, 3.63) is 64.1 Å². The number of carbonyl (C=O) groups excluding carboxylic acids is 2. The molecule has 0 aliphatic rings. The lowest BCUT2D eigenvalue weighted by molar-refractivity contribution is -0.140. The van der Waals surface area contributed by atoms with Crippen LogP contribution in [-0.4, -0.2) is 35.9 Å². The van der Waals surface area contributed by atoms with Crippen molar-refractivity contribution < 1.29 is 14.3 Å². The van der Waals surface area contributed by atoms with Gasteiger partial charge in [0.25, 0.3) is 0 Å². The SMILES string of the molecule is CCC(C)NC(=O)C(C)N(Cc1ccc(Br)cc1)C(=O)Cc1ccc(OC)cc1. The molecule has 156 valence electrons. The summed E-state index contributed by atoms with van der Waals surface area (Å²) in [4.78, 5) is 27.5. The third-order valence-corrected chi connectivity index (χ3v) is 5.48. The highest BCUT2D eigenvalue weighted by atomic mass is 79.9. The maximum absolute atomic E-state index is 13.1. The lowest BCUT2D eigenvalue weighted by Gasteiger charge is -2.30. The van der Waals surface area contributed by atoms with Crippen LogP contribution < -0.4 is 10.1 Å². The van der Waals surface area contributed by atoms with Crippen LogP contribution in [0, 0.1) is 0 Å². The van der Waals surface area contributed by atoms with Crippen molar-refractivity contribution in [2.75, 3.05) is 7.11 Å². The van der Waals surface area contributed by atoms with Crippen LogP contribution in [0.1, 0.15) is 38.3 Å². The molecule has 29 heavy (non-hydrogen) atoms. The van der Waals surface area contributed by atoms with Crippen molar-refractivity contribution in [2.24, 2.45) is 0 Å². The van der Waals surface area contributed by atoms with Gasteiger partial charge in [-0.1, -0.05) is 47.1 Å². The zero-order chi connectivity index (χ0) is 21.4. The first-order valence-electron chi connectivity index (χ1n) is 9.81. The Balaban J connectivity index is 2.20. The molecule has 0 saturated carbocycles. The summed E-state index contributed by atoms with van der Waals surface area (Å²) in [6.45, 7) is 6.13. The molecule has 0 spiro atoms. The Morgan fingerprint density at radius 1 is 1.03 bits per heavy atom. The lowest BCUT2D eigenvalue weighted by Crippen LogP contribution is -2.49. The third-order valence-electron chi connectivity index (χ3n) is 4.95. The maximum Gasteiger partial charge on any atom is 0.242 e. The van der Waals surface area contributed by atoms with E-state index in [4.69, 9.17) is 4.74 Å². The van der Waals surface area contributed by atoms with E-state index in [-0.39, 0.29) is 24.3 Å². The largest absolute Gasteiger partial charge is 0.497 e. The predicted molar refractivity (Wildman–Crippen MR) is 119 cm³/mol.